The molecule has 0 unspecified atom stereocenters. The molecule has 0 bridgehead atoms. The van der Waals surface area contributed by atoms with Crippen LogP contribution in [0.25, 0.3) is 0 Å². The minimum Gasteiger partial charge on any atom is -0.312 e. The molecule has 0 heterocycles. The summed E-state index contributed by atoms with van der Waals surface area (Å²) in [6.07, 6.45) is 1.64. The predicted octanol–water partition coefficient (Wildman–Crippen LogP) is 2.24. The van der Waals surface area contributed by atoms with Crippen molar-refractivity contribution >= 4 is 13.0 Å². The first-order chi connectivity index (χ1) is 4.45. The second-order valence-electron chi connectivity index (χ2n) is 3.73. The summed E-state index contributed by atoms with van der Waals surface area (Å²) in [6, 6.07) is 0. The van der Waals surface area contributed by atoms with Gasteiger partial charge in [0.15, 0.2) is 0 Å². The van der Waals surface area contributed by atoms with E-state index in [0.717, 1.165) is 6.42 Å². The summed E-state index contributed by atoms with van der Waals surface area (Å²) in [5, 5.41) is 0.0479. The highest BCUT2D eigenvalue weighted by molar-refractivity contribution is 6.76. The van der Waals surface area contributed by atoms with Crippen molar-refractivity contribution in [2.75, 3.05) is 0 Å². The molecule has 0 aromatic carbocycles. The van der Waals surface area contributed by atoms with E-state index in [1.165, 1.54) is 0 Å². The average Bonchev–Trinajstić information content (AvgIpc) is 1.59. The maximum absolute atomic E-state index is 11.0. The lowest BCUT2D eigenvalue weighted by Gasteiger charge is -2.14. The van der Waals surface area contributed by atoms with Gasteiger partial charge in [-0.15, -0.1) is 0 Å². The van der Waals surface area contributed by atoms with Crippen LogP contribution in [-0.4, -0.2) is 13.0 Å². The van der Waals surface area contributed by atoms with Crippen LogP contribution in [0.3, 0.4) is 0 Å². The zero-order chi connectivity index (χ0) is 8.20. The molecular weight excluding hydrogens is 123 g/mol. The van der Waals surface area contributed by atoms with Gasteiger partial charge in [-0.25, -0.2) is 0 Å². The van der Waals surface area contributed by atoms with Crippen molar-refractivity contribution in [2.24, 2.45) is 0 Å². The Labute approximate surface area is 64.4 Å². The highest BCUT2D eigenvalue weighted by atomic mass is 16.1. The fourth-order valence-corrected chi connectivity index (χ4v) is 0.802. The van der Waals surface area contributed by atoms with E-state index in [-0.39, 0.29) is 11.0 Å². The SMILES string of the molecule is CCCC(=O)[B]C(C)(C)C. The Morgan fingerprint density at radius 1 is 1.40 bits per heavy atom. The number of carbonyl (C=O) groups is 1. The molecule has 0 saturated carbocycles. The molecule has 57 valence electrons. The van der Waals surface area contributed by atoms with E-state index in [0.29, 0.717) is 6.42 Å². The van der Waals surface area contributed by atoms with Gasteiger partial charge in [-0.2, -0.15) is 0 Å². The highest BCUT2D eigenvalue weighted by Gasteiger charge is 2.16. The Bertz CT molecular complexity index is 113. The van der Waals surface area contributed by atoms with Gasteiger partial charge in [-0.05, 0) is 6.42 Å². The van der Waals surface area contributed by atoms with E-state index in [2.05, 4.69) is 0 Å². The van der Waals surface area contributed by atoms with E-state index in [9.17, 15) is 4.79 Å². The van der Waals surface area contributed by atoms with E-state index in [1.807, 2.05) is 27.7 Å². The zero-order valence-electron chi connectivity index (χ0n) is 7.40. The van der Waals surface area contributed by atoms with Crippen molar-refractivity contribution in [3.8, 4) is 0 Å². The summed E-state index contributed by atoms with van der Waals surface area (Å²) in [5.41, 5.74) is 0.273. The van der Waals surface area contributed by atoms with Crippen molar-refractivity contribution in [3.05, 3.63) is 0 Å². The van der Waals surface area contributed by atoms with E-state index in [4.69, 9.17) is 0 Å². The van der Waals surface area contributed by atoms with Crippen molar-refractivity contribution in [3.63, 3.8) is 0 Å². The van der Waals surface area contributed by atoms with Gasteiger partial charge in [-0.1, -0.05) is 39.4 Å². The molecule has 0 fully saturated rings. The molecule has 0 aromatic rings. The molecule has 0 aliphatic carbocycles. The molecule has 10 heavy (non-hydrogen) atoms. The van der Waals surface area contributed by atoms with Gasteiger partial charge in [0.25, 0.3) is 0 Å². The molecule has 0 aliphatic rings. The second-order valence-corrected chi connectivity index (χ2v) is 3.73. The molecule has 0 atom stereocenters. The number of carbonyl (C=O) groups excluding carboxylic acids is 1. The summed E-state index contributed by atoms with van der Waals surface area (Å²) in [6.45, 7) is 8.15. The minimum absolute atomic E-state index is 0.0479. The molecule has 2 heteroatoms. The summed E-state index contributed by atoms with van der Waals surface area (Å²) in [4.78, 5) is 11.0. The van der Waals surface area contributed by atoms with E-state index in [1.54, 1.807) is 7.28 Å². The normalized spacial score (nSPS) is 11.2. The van der Waals surface area contributed by atoms with Crippen LogP contribution in [0.1, 0.15) is 40.5 Å². The first-order valence-corrected chi connectivity index (χ1v) is 3.84. The van der Waals surface area contributed by atoms with Gasteiger partial charge in [0.05, 0.1) is 5.68 Å². The maximum atomic E-state index is 11.0. The van der Waals surface area contributed by atoms with E-state index < -0.39 is 0 Å². The molecule has 0 aromatic heterocycles. The van der Waals surface area contributed by atoms with Gasteiger partial charge in [0.1, 0.15) is 0 Å². The Morgan fingerprint density at radius 3 is 2.20 bits per heavy atom. The molecule has 0 saturated heterocycles. The Balaban J connectivity index is 3.58. The van der Waals surface area contributed by atoms with Crippen molar-refractivity contribution in [2.45, 2.75) is 45.9 Å². The Hall–Kier alpha value is -0.265. The van der Waals surface area contributed by atoms with Crippen molar-refractivity contribution in [1.29, 1.82) is 0 Å². The number of hydrogen-bond acceptors (Lipinski definition) is 1. The van der Waals surface area contributed by atoms with Crippen molar-refractivity contribution < 1.29 is 4.79 Å². The lowest BCUT2D eigenvalue weighted by atomic mass is 9.52. The van der Waals surface area contributed by atoms with E-state index >= 15 is 0 Å². The average molecular weight is 139 g/mol. The maximum Gasteiger partial charge on any atom is 0.208 e. The van der Waals surface area contributed by atoms with Gasteiger partial charge in [0, 0.05) is 0 Å². The first kappa shape index (κ1) is 9.73. The van der Waals surface area contributed by atoms with Crippen LogP contribution in [0.5, 0.6) is 0 Å². The Kier molecular flexibility index (Phi) is 3.69. The van der Waals surface area contributed by atoms with Gasteiger partial charge >= 0.3 is 0 Å². The quantitative estimate of drug-likeness (QED) is 0.548. The summed E-state index contributed by atoms with van der Waals surface area (Å²) < 4.78 is 0. The topological polar surface area (TPSA) is 17.1 Å². The number of rotatable bonds is 3. The minimum atomic E-state index is 0.0479. The fourth-order valence-electron chi connectivity index (χ4n) is 0.802. The fraction of sp³-hybridized carbons (Fsp3) is 0.875. The lowest BCUT2D eigenvalue weighted by Crippen LogP contribution is -2.18. The monoisotopic (exact) mass is 139 g/mol. The van der Waals surface area contributed by atoms with Gasteiger partial charge in [-0.3, -0.25) is 0 Å². The van der Waals surface area contributed by atoms with Crippen LogP contribution < -0.4 is 0 Å². The molecular formula is C8H16BO. The standard InChI is InChI=1S/C8H16BO/c1-5-6-7(10)9-8(2,3)4/h5-6H2,1-4H3. The van der Waals surface area contributed by atoms with Crippen LogP contribution in [0.15, 0.2) is 0 Å². The van der Waals surface area contributed by atoms with Crippen molar-refractivity contribution in [1.82, 2.24) is 0 Å². The van der Waals surface area contributed by atoms with Crippen LogP contribution >= 0.6 is 0 Å². The number of hydrogen-bond donors (Lipinski definition) is 0. The summed E-state index contributed by atoms with van der Waals surface area (Å²) in [5.74, 6) is 0. The summed E-state index contributed by atoms with van der Waals surface area (Å²) in [7, 11) is 1.80. The van der Waals surface area contributed by atoms with Gasteiger partial charge < -0.3 is 4.79 Å². The first-order valence-electron chi connectivity index (χ1n) is 3.84. The smallest absolute Gasteiger partial charge is 0.208 e. The Morgan fingerprint density at radius 2 is 1.90 bits per heavy atom. The highest BCUT2D eigenvalue weighted by Crippen LogP contribution is 2.20. The summed E-state index contributed by atoms with van der Waals surface area (Å²) >= 11 is 0. The molecule has 0 amide bonds. The third kappa shape index (κ3) is 5.86. The molecule has 1 nitrogen and oxygen atoms in total. The molecule has 0 rings (SSSR count). The molecule has 0 aliphatic heterocycles. The molecule has 0 N–H and O–H groups in total. The molecule has 0 spiro atoms. The van der Waals surface area contributed by atoms with Gasteiger partial charge in [0.2, 0.25) is 7.28 Å². The third-order valence-electron chi connectivity index (χ3n) is 1.09. The zero-order valence-corrected chi connectivity index (χ0v) is 7.40. The van der Waals surface area contributed by atoms with Crippen LogP contribution in [0, 0.1) is 0 Å². The van der Waals surface area contributed by atoms with Crippen LogP contribution in [0.4, 0.5) is 0 Å². The molecule has 1 radical (unpaired) electrons. The lowest BCUT2D eigenvalue weighted by molar-refractivity contribution is -0.112. The van der Waals surface area contributed by atoms with Crippen LogP contribution in [0.2, 0.25) is 5.31 Å². The largest absolute Gasteiger partial charge is 0.312 e. The van der Waals surface area contributed by atoms with Crippen LogP contribution in [-0.2, 0) is 4.79 Å². The second kappa shape index (κ2) is 3.79. The third-order valence-corrected chi connectivity index (χ3v) is 1.09. The predicted molar refractivity (Wildman–Crippen MR) is 45.4 cm³/mol.